The van der Waals surface area contributed by atoms with E-state index >= 15 is 0 Å². The van der Waals surface area contributed by atoms with Crippen molar-refractivity contribution in [2.75, 3.05) is 11.1 Å². The van der Waals surface area contributed by atoms with Crippen LogP contribution in [0.15, 0.2) is 46.9 Å². The molecule has 0 aliphatic heterocycles. The Morgan fingerprint density at radius 1 is 1.22 bits per heavy atom. The number of aryl methyl sites for hydroxylation is 1. The van der Waals surface area contributed by atoms with Gasteiger partial charge in [-0.3, -0.25) is 4.79 Å². The van der Waals surface area contributed by atoms with E-state index in [1.807, 2.05) is 13.0 Å². The molecule has 92 valence electrons. The van der Waals surface area contributed by atoms with Crippen LogP contribution in [-0.4, -0.2) is 5.91 Å². The van der Waals surface area contributed by atoms with Crippen molar-refractivity contribution in [3.05, 3.63) is 58.1 Å². The molecule has 0 saturated carbocycles. The van der Waals surface area contributed by atoms with Crippen LogP contribution in [0, 0.1) is 6.92 Å². The second kappa shape index (κ2) is 5.23. The molecule has 18 heavy (non-hydrogen) atoms. The number of hydrogen-bond donors (Lipinski definition) is 2. The lowest BCUT2D eigenvalue weighted by atomic mass is 10.1. The molecule has 0 fully saturated rings. The second-order valence-corrected chi connectivity index (χ2v) is 4.90. The molecule has 0 radical (unpaired) electrons. The first-order valence-corrected chi connectivity index (χ1v) is 6.28. The van der Waals surface area contributed by atoms with Crippen LogP contribution in [0.5, 0.6) is 0 Å². The molecule has 0 aliphatic carbocycles. The zero-order valence-corrected chi connectivity index (χ0v) is 11.5. The quantitative estimate of drug-likeness (QED) is 0.833. The van der Waals surface area contributed by atoms with E-state index in [0.717, 1.165) is 10.0 Å². The van der Waals surface area contributed by atoms with Crippen molar-refractivity contribution in [3.8, 4) is 0 Å². The lowest BCUT2D eigenvalue weighted by Crippen LogP contribution is -2.12. The average Bonchev–Trinajstić information content (AvgIpc) is 2.32. The number of carbonyl (C=O) groups excluding carboxylic acids is 1. The Morgan fingerprint density at radius 3 is 2.67 bits per heavy atom. The van der Waals surface area contributed by atoms with Crippen molar-refractivity contribution in [2.24, 2.45) is 0 Å². The number of hydrogen-bond acceptors (Lipinski definition) is 2. The first kappa shape index (κ1) is 12.6. The SMILES string of the molecule is Cc1ccc(C(=O)Nc2cccc(N)c2)cc1Br. The molecule has 0 unspecified atom stereocenters. The summed E-state index contributed by atoms with van der Waals surface area (Å²) in [5, 5.41) is 2.81. The zero-order chi connectivity index (χ0) is 13.1. The Kier molecular flexibility index (Phi) is 3.67. The summed E-state index contributed by atoms with van der Waals surface area (Å²) in [4.78, 5) is 12.0. The van der Waals surface area contributed by atoms with Crippen molar-refractivity contribution in [1.29, 1.82) is 0 Å². The molecular weight excluding hydrogens is 292 g/mol. The van der Waals surface area contributed by atoms with Crippen molar-refractivity contribution in [2.45, 2.75) is 6.92 Å². The number of nitrogens with two attached hydrogens (primary N) is 1. The smallest absolute Gasteiger partial charge is 0.255 e. The van der Waals surface area contributed by atoms with Gasteiger partial charge in [0.15, 0.2) is 0 Å². The van der Waals surface area contributed by atoms with Gasteiger partial charge in [-0.15, -0.1) is 0 Å². The van der Waals surface area contributed by atoms with Gasteiger partial charge < -0.3 is 11.1 Å². The van der Waals surface area contributed by atoms with Crippen LogP contribution in [0.3, 0.4) is 0 Å². The molecule has 2 rings (SSSR count). The fourth-order valence-electron chi connectivity index (χ4n) is 1.55. The fraction of sp³-hybridized carbons (Fsp3) is 0.0714. The maximum atomic E-state index is 12.0. The van der Waals surface area contributed by atoms with Crippen molar-refractivity contribution in [1.82, 2.24) is 0 Å². The summed E-state index contributed by atoms with van der Waals surface area (Å²) >= 11 is 3.41. The summed E-state index contributed by atoms with van der Waals surface area (Å²) in [5.41, 5.74) is 8.67. The molecule has 0 heterocycles. The standard InChI is InChI=1S/C14H13BrN2O/c1-9-5-6-10(7-13(9)15)14(18)17-12-4-2-3-11(16)8-12/h2-8H,16H2,1H3,(H,17,18). The van der Waals surface area contributed by atoms with Gasteiger partial charge >= 0.3 is 0 Å². The predicted octanol–water partition coefficient (Wildman–Crippen LogP) is 3.59. The van der Waals surface area contributed by atoms with Crippen LogP contribution in [0.25, 0.3) is 0 Å². The summed E-state index contributed by atoms with van der Waals surface area (Å²) in [5.74, 6) is -0.152. The lowest BCUT2D eigenvalue weighted by Gasteiger charge is -2.07. The van der Waals surface area contributed by atoms with Gasteiger partial charge in [0.05, 0.1) is 0 Å². The molecular formula is C14H13BrN2O. The van der Waals surface area contributed by atoms with Gasteiger partial charge in [-0.05, 0) is 42.8 Å². The molecule has 0 atom stereocenters. The van der Waals surface area contributed by atoms with E-state index in [2.05, 4.69) is 21.2 Å². The molecule has 4 heteroatoms. The normalized spacial score (nSPS) is 10.1. The van der Waals surface area contributed by atoms with Gasteiger partial charge in [-0.25, -0.2) is 0 Å². The largest absolute Gasteiger partial charge is 0.399 e. The van der Waals surface area contributed by atoms with Crippen molar-refractivity contribution < 1.29 is 4.79 Å². The number of benzene rings is 2. The summed E-state index contributed by atoms with van der Waals surface area (Å²) < 4.78 is 0.919. The van der Waals surface area contributed by atoms with Gasteiger partial charge in [0.2, 0.25) is 0 Å². The number of rotatable bonds is 2. The van der Waals surface area contributed by atoms with Gasteiger partial charge in [-0.2, -0.15) is 0 Å². The minimum Gasteiger partial charge on any atom is -0.399 e. The van der Waals surface area contributed by atoms with Crippen LogP contribution >= 0.6 is 15.9 Å². The van der Waals surface area contributed by atoms with Crippen molar-refractivity contribution in [3.63, 3.8) is 0 Å². The average molecular weight is 305 g/mol. The third-order valence-corrected chi connectivity index (χ3v) is 3.43. The number of halogens is 1. The van der Waals surface area contributed by atoms with E-state index in [1.165, 1.54) is 0 Å². The van der Waals surface area contributed by atoms with Crippen LogP contribution in [-0.2, 0) is 0 Å². The Morgan fingerprint density at radius 2 is 2.00 bits per heavy atom. The number of carbonyl (C=O) groups is 1. The van der Waals surface area contributed by atoms with E-state index < -0.39 is 0 Å². The van der Waals surface area contributed by atoms with Crippen LogP contribution in [0.4, 0.5) is 11.4 Å². The van der Waals surface area contributed by atoms with E-state index in [1.54, 1.807) is 36.4 Å². The maximum absolute atomic E-state index is 12.0. The van der Waals surface area contributed by atoms with Gasteiger partial charge in [0.25, 0.3) is 5.91 Å². The fourth-order valence-corrected chi connectivity index (χ4v) is 1.93. The van der Waals surface area contributed by atoms with E-state index in [0.29, 0.717) is 16.9 Å². The first-order valence-electron chi connectivity index (χ1n) is 5.49. The number of nitrogen functional groups attached to an aromatic ring is 1. The van der Waals surface area contributed by atoms with E-state index in [-0.39, 0.29) is 5.91 Å². The molecule has 0 spiro atoms. The highest BCUT2D eigenvalue weighted by Crippen LogP contribution is 2.19. The topological polar surface area (TPSA) is 55.1 Å². The zero-order valence-electron chi connectivity index (χ0n) is 9.91. The number of anilines is 2. The highest BCUT2D eigenvalue weighted by Gasteiger charge is 2.07. The number of nitrogens with one attached hydrogen (secondary N) is 1. The first-order chi connectivity index (χ1) is 8.56. The molecule has 2 aromatic rings. The van der Waals surface area contributed by atoms with Crippen LogP contribution < -0.4 is 11.1 Å². The van der Waals surface area contributed by atoms with Gasteiger partial charge in [0.1, 0.15) is 0 Å². The minimum atomic E-state index is -0.152. The summed E-state index contributed by atoms with van der Waals surface area (Å²) in [6, 6.07) is 12.6. The Labute approximate surface area is 114 Å². The van der Waals surface area contributed by atoms with Gasteiger partial charge in [-0.1, -0.05) is 28.1 Å². The number of amides is 1. The molecule has 3 N–H and O–H groups in total. The second-order valence-electron chi connectivity index (χ2n) is 4.04. The third-order valence-electron chi connectivity index (χ3n) is 2.58. The molecule has 2 aromatic carbocycles. The van der Waals surface area contributed by atoms with E-state index in [9.17, 15) is 4.79 Å². The Balaban J connectivity index is 2.19. The van der Waals surface area contributed by atoms with E-state index in [4.69, 9.17) is 5.73 Å². The molecule has 0 bridgehead atoms. The highest BCUT2D eigenvalue weighted by atomic mass is 79.9. The summed E-state index contributed by atoms with van der Waals surface area (Å²) in [6.07, 6.45) is 0. The highest BCUT2D eigenvalue weighted by molar-refractivity contribution is 9.10. The third kappa shape index (κ3) is 2.90. The Bertz CT molecular complexity index is 596. The lowest BCUT2D eigenvalue weighted by molar-refractivity contribution is 0.102. The van der Waals surface area contributed by atoms with Gasteiger partial charge in [0, 0.05) is 21.4 Å². The minimum absolute atomic E-state index is 0.152. The Hall–Kier alpha value is -1.81. The predicted molar refractivity (Wildman–Crippen MR) is 77.7 cm³/mol. The van der Waals surface area contributed by atoms with Crippen LogP contribution in [0.2, 0.25) is 0 Å². The van der Waals surface area contributed by atoms with Crippen molar-refractivity contribution >= 4 is 33.2 Å². The van der Waals surface area contributed by atoms with Crippen LogP contribution in [0.1, 0.15) is 15.9 Å². The molecule has 0 aromatic heterocycles. The monoisotopic (exact) mass is 304 g/mol. The summed E-state index contributed by atoms with van der Waals surface area (Å²) in [6.45, 7) is 1.98. The maximum Gasteiger partial charge on any atom is 0.255 e. The molecule has 0 saturated heterocycles. The summed E-state index contributed by atoms with van der Waals surface area (Å²) in [7, 11) is 0. The molecule has 1 amide bonds. The molecule has 0 aliphatic rings. The molecule has 3 nitrogen and oxygen atoms in total.